The van der Waals surface area contributed by atoms with Crippen LogP contribution >= 0.6 is 15.9 Å². The molecule has 11 heavy (non-hydrogen) atoms. The van der Waals surface area contributed by atoms with Crippen molar-refractivity contribution >= 4 is 31.9 Å². The number of hydrogen-bond acceptors (Lipinski definition) is 3. The number of nitrogens with two attached hydrogens (primary N) is 2. The third-order valence-corrected chi connectivity index (χ3v) is 1.74. The van der Waals surface area contributed by atoms with E-state index in [2.05, 4.69) is 15.9 Å². The topological polar surface area (TPSA) is 75.9 Å². The summed E-state index contributed by atoms with van der Waals surface area (Å²) in [6.07, 6.45) is 0. The van der Waals surface area contributed by atoms with Gasteiger partial charge in [-0.3, -0.25) is 5.41 Å². The summed E-state index contributed by atoms with van der Waals surface area (Å²) in [4.78, 5) is 0. The minimum Gasteiger partial charge on any atom is -0.399 e. The van der Waals surface area contributed by atoms with Crippen molar-refractivity contribution in [3.05, 3.63) is 23.8 Å². The molecule has 58 valence electrons. The molecule has 1 aromatic carbocycles. The number of rotatable bonds is 1. The molecular weight excluding hydrogens is 206 g/mol. The monoisotopic (exact) mass is 213 g/mol. The van der Waals surface area contributed by atoms with E-state index in [1.54, 1.807) is 18.2 Å². The third kappa shape index (κ3) is 1.71. The summed E-state index contributed by atoms with van der Waals surface area (Å²) >= 11 is 3.02. The van der Waals surface area contributed by atoms with Gasteiger partial charge in [0.05, 0.1) is 0 Å². The number of anilines is 2. The summed E-state index contributed by atoms with van der Waals surface area (Å²) in [6, 6.07) is 5.05. The van der Waals surface area contributed by atoms with Crippen molar-refractivity contribution in [2.45, 2.75) is 0 Å². The Morgan fingerprint density at radius 2 is 2.00 bits per heavy atom. The van der Waals surface area contributed by atoms with Crippen molar-refractivity contribution in [1.82, 2.24) is 0 Å². The first kappa shape index (κ1) is 8.07. The van der Waals surface area contributed by atoms with E-state index in [1.165, 1.54) is 0 Å². The van der Waals surface area contributed by atoms with Gasteiger partial charge in [0.15, 0.2) is 0 Å². The summed E-state index contributed by atoms with van der Waals surface area (Å²) in [5, 5.41) is 7.24. The van der Waals surface area contributed by atoms with Gasteiger partial charge in [0, 0.05) is 16.9 Å². The Hall–Kier alpha value is -1.03. The van der Waals surface area contributed by atoms with Gasteiger partial charge in [0.25, 0.3) is 0 Å². The maximum Gasteiger partial charge on any atom is 0.106 e. The van der Waals surface area contributed by atoms with Crippen LogP contribution in [0, 0.1) is 5.41 Å². The average Bonchev–Trinajstić information content (AvgIpc) is 1.85. The van der Waals surface area contributed by atoms with Gasteiger partial charge in [-0.05, 0) is 34.1 Å². The van der Waals surface area contributed by atoms with Gasteiger partial charge >= 0.3 is 0 Å². The Labute approximate surface area is 73.0 Å². The molecule has 5 N–H and O–H groups in total. The second-order valence-corrected chi connectivity index (χ2v) is 2.95. The Morgan fingerprint density at radius 3 is 2.45 bits per heavy atom. The maximum absolute atomic E-state index is 7.24. The second-order valence-electron chi connectivity index (χ2n) is 2.16. The van der Waals surface area contributed by atoms with E-state index < -0.39 is 0 Å². The Balaban J connectivity index is 3.20. The van der Waals surface area contributed by atoms with Gasteiger partial charge in [-0.15, -0.1) is 0 Å². The quantitative estimate of drug-likeness (QED) is 0.490. The minimum absolute atomic E-state index is 0.273. The summed E-state index contributed by atoms with van der Waals surface area (Å²) < 4.78 is 0.273. The van der Waals surface area contributed by atoms with Crippen molar-refractivity contribution in [3.8, 4) is 0 Å². The molecule has 1 aromatic rings. The fourth-order valence-corrected chi connectivity index (χ4v) is 1.14. The standard InChI is InChI=1S/C7H8BrN3/c8-7(11)5-2-1-4(9)3-6(5)10/h1-3,11H,9-10H2. The summed E-state index contributed by atoms with van der Waals surface area (Å²) in [6.45, 7) is 0. The second kappa shape index (κ2) is 2.92. The summed E-state index contributed by atoms with van der Waals surface area (Å²) in [7, 11) is 0. The molecule has 0 aliphatic rings. The Morgan fingerprint density at radius 1 is 1.36 bits per heavy atom. The van der Waals surface area contributed by atoms with E-state index in [9.17, 15) is 0 Å². The van der Waals surface area contributed by atoms with Crippen LogP contribution in [0.1, 0.15) is 5.56 Å². The lowest BCUT2D eigenvalue weighted by atomic mass is 10.2. The Kier molecular flexibility index (Phi) is 2.14. The first-order chi connectivity index (χ1) is 5.11. The van der Waals surface area contributed by atoms with E-state index in [4.69, 9.17) is 16.9 Å². The molecule has 0 fully saturated rings. The van der Waals surface area contributed by atoms with Crippen LogP contribution in [0.4, 0.5) is 11.4 Å². The number of nitrogens with one attached hydrogen (secondary N) is 1. The molecule has 0 heterocycles. The van der Waals surface area contributed by atoms with Crippen LogP contribution in [0.25, 0.3) is 0 Å². The van der Waals surface area contributed by atoms with Gasteiger partial charge in [-0.25, -0.2) is 0 Å². The lowest BCUT2D eigenvalue weighted by Crippen LogP contribution is -1.98. The number of halogens is 1. The van der Waals surface area contributed by atoms with Crippen LogP contribution in [0.5, 0.6) is 0 Å². The SMILES string of the molecule is N=C(Br)c1ccc(N)cc1N. The third-order valence-electron chi connectivity index (χ3n) is 1.31. The van der Waals surface area contributed by atoms with Gasteiger partial charge < -0.3 is 11.5 Å². The fraction of sp³-hybridized carbons (Fsp3) is 0. The number of nitrogen functional groups attached to an aromatic ring is 2. The molecule has 0 spiro atoms. The first-order valence-electron chi connectivity index (χ1n) is 3.00. The minimum atomic E-state index is 0.273. The molecule has 3 nitrogen and oxygen atoms in total. The molecule has 0 amide bonds. The highest BCUT2D eigenvalue weighted by molar-refractivity contribution is 9.18. The van der Waals surface area contributed by atoms with Crippen LogP contribution in [0.15, 0.2) is 18.2 Å². The summed E-state index contributed by atoms with van der Waals surface area (Å²) in [5.41, 5.74) is 12.8. The molecule has 0 saturated carbocycles. The predicted molar refractivity (Wildman–Crippen MR) is 51.0 cm³/mol. The normalized spacial score (nSPS) is 9.55. The molecule has 0 radical (unpaired) electrons. The average molecular weight is 214 g/mol. The molecule has 0 saturated heterocycles. The highest BCUT2D eigenvalue weighted by Crippen LogP contribution is 2.17. The number of benzene rings is 1. The molecule has 4 heteroatoms. The Bertz CT molecular complexity index is 296. The highest BCUT2D eigenvalue weighted by atomic mass is 79.9. The smallest absolute Gasteiger partial charge is 0.106 e. The van der Waals surface area contributed by atoms with E-state index >= 15 is 0 Å². The fourth-order valence-electron chi connectivity index (χ4n) is 0.781. The van der Waals surface area contributed by atoms with Crippen molar-refractivity contribution in [3.63, 3.8) is 0 Å². The maximum atomic E-state index is 7.24. The van der Waals surface area contributed by atoms with Crippen LogP contribution < -0.4 is 11.5 Å². The van der Waals surface area contributed by atoms with Crippen molar-refractivity contribution < 1.29 is 0 Å². The van der Waals surface area contributed by atoms with E-state index in [1.807, 2.05) is 0 Å². The van der Waals surface area contributed by atoms with E-state index in [0.29, 0.717) is 16.9 Å². The summed E-state index contributed by atoms with van der Waals surface area (Å²) in [5.74, 6) is 0. The van der Waals surface area contributed by atoms with Crippen molar-refractivity contribution in [2.75, 3.05) is 11.5 Å². The molecule has 0 aliphatic heterocycles. The number of hydrogen-bond donors (Lipinski definition) is 3. The first-order valence-corrected chi connectivity index (χ1v) is 3.80. The molecule has 0 aliphatic carbocycles. The van der Waals surface area contributed by atoms with Crippen LogP contribution in [-0.2, 0) is 0 Å². The van der Waals surface area contributed by atoms with E-state index in [0.717, 1.165) is 0 Å². The predicted octanol–water partition coefficient (Wildman–Crippen LogP) is 1.57. The largest absolute Gasteiger partial charge is 0.399 e. The van der Waals surface area contributed by atoms with Gasteiger partial charge in [-0.2, -0.15) is 0 Å². The zero-order valence-electron chi connectivity index (χ0n) is 5.76. The van der Waals surface area contributed by atoms with Gasteiger partial charge in [0.2, 0.25) is 0 Å². The van der Waals surface area contributed by atoms with Gasteiger partial charge in [0.1, 0.15) is 4.62 Å². The van der Waals surface area contributed by atoms with Crippen LogP contribution in [0.2, 0.25) is 0 Å². The van der Waals surface area contributed by atoms with Crippen LogP contribution in [-0.4, -0.2) is 4.62 Å². The molecule has 0 unspecified atom stereocenters. The van der Waals surface area contributed by atoms with Crippen LogP contribution in [0.3, 0.4) is 0 Å². The molecule has 1 rings (SSSR count). The highest BCUT2D eigenvalue weighted by Gasteiger charge is 2.01. The molecule has 0 bridgehead atoms. The molecule has 0 aromatic heterocycles. The lowest BCUT2D eigenvalue weighted by Gasteiger charge is -2.02. The van der Waals surface area contributed by atoms with Gasteiger partial charge in [-0.1, -0.05) is 0 Å². The molecule has 0 atom stereocenters. The van der Waals surface area contributed by atoms with Crippen molar-refractivity contribution in [2.24, 2.45) is 0 Å². The zero-order valence-corrected chi connectivity index (χ0v) is 7.35. The lowest BCUT2D eigenvalue weighted by molar-refractivity contribution is 1.53. The zero-order chi connectivity index (χ0) is 8.43. The molecular formula is C7H8BrN3. The van der Waals surface area contributed by atoms with Crippen molar-refractivity contribution in [1.29, 1.82) is 5.41 Å². The van der Waals surface area contributed by atoms with E-state index in [-0.39, 0.29) is 4.62 Å².